The number of nitrogens with zero attached hydrogens (tertiary/aromatic N) is 1. The minimum atomic E-state index is -0.420. The molecule has 0 fully saturated rings. The predicted molar refractivity (Wildman–Crippen MR) is 86.5 cm³/mol. The second kappa shape index (κ2) is 6.76. The number of esters is 1. The molecule has 114 valence electrons. The molecule has 0 saturated carbocycles. The Balaban J connectivity index is 2.10. The van der Waals surface area contributed by atoms with Crippen LogP contribution in [0.1, 0.15) is 17.3 Å². The largest absolute Gasteiger partial charge is 0.427 e. The van der Waals surface area contributed by atoms with Crippen LogP contribution in [0.3, 0.4) is 0 Å². The van der Waals surface area contributed by atoms with Crippen LogP contribution in [-0.4, -0.2) is 26.0 Å². The van der Waals surface area contributed by atoms with Crippen molar-refractivity contribution in [3.63, 3.8) is 0 Å². The van der Waals surface area contributed by atoms with Gasteiger partial charge in [0.25, 0.3) is 5.91 Å². The van der Waals surface area contributed by atoms with Gasteiger partial charge in [0.1, 0.15) is 5.75 Å². The highest BCUT2D eigenvalue weighted by molar-refractivity contribution is 6.04. The van der Waals surface area contributed by atoms with Crippen molar-refractivity contribution < 1.29 is 14.3 Å². The number of hydrogen-bond donors (Lipinski definition) is 1. The van der Waals surface area contributed by atoms with Crippen LogP contribution in [-0.2, 0) is 4.79 Å². The van der Waals surface area contributed by atoms with E-state index < -0.39 is 5.97 Å². The van der Waals surface area contributed by atoms with Gasteiger partial charge in [-0.3, -0.25) is 9.59 Å². The first kappa shape index (κ1) is 15.6. The van der Waals surface area contributed by atoms with Crippen LogP contribution < -0.4 is 15.0 Å². The summed E-state index contributed by atoms with van der Waals surface area (Å²) >= 11 is 0. The van der Waals surface area contributed by atoms with E-state index in [9.17, 15) is 9.59 Å². The lowest BCUT2D eigenvalue weighted by Crippen LogP contribution is -2.13. The summed E-state index contributed by atoms with van der Waals surface area (Å²) in [6, 6.07) is 14.0. The van der Waals surface area contributed by atoms with Crippen molar-refractivity contribution in [1.82, 2.24) is 0 Å². The van der Waals surface area contributed by atoms with E-state index in [2.05, 4.69) is 5.32 Å². The average Bonchev–Trinajstić information content (AvgIpc) is 2.47. The highest BCUT2D eigenvalue weighted by Gasteiger charge is 2.08. The molecular weight excluding hydrogens is 280 g/mol. The quantitative estimate of drug-likeness (QED) is 0.696. The van der Waals surface area contributed by atoms with E-state index in [1.54, 1.807) is 18.2 Å². The summed E-state index contributed by atoms with van der Waals surface area (Å²) < 4.78 is 4.97. The lowest BCUT2D eigenvalue weighted by atomic mass is 10.2. The number of amides is 1. The zero-order valence-corrected chi connectivity index (χ0v) is 12.8. The van der Waals surface area contributed by atoms with Gasteiger partial charge in [-0.25, -0.2) is 0 Å². The van der Waals surface area contributed by atoms with Gasteiger partial charge in [-0.2, -0.15) is 0 Å². The van der Waals surface area contributed by atoms with E-state index in [0.717, 1.165) is 5.69 Å². The molecule has 2 rings (SSSR count). The van der Waals surface area contributed by atoms with Crippen LogP contribution in [0.25, 0.3) is 0 Å². The first-order valence-electron chi connectivity index (χ1n) is 6.83. The summed E-state index contributed by atoms with van der Waals surface area (Å²) in [5, 5.41) is 2.81. The van der Waals surface area contributed by atoms with Crippen molar-refractivity contribution in [3.8, 4) is 5.75 Å². The molecule has 22 heavy (non-hydrogen) atoms. The van der Waals surface area contributed by atoms with E-state index in [1.807, 2.05) is 43.3 Å². The standard InChI is InChI=1S/C17H18N2O3/c1-12(20)22-16-6-4-5-13(11-16)17(21)18-14-7-9-15(10-8-14)19(2)3/h4-11H,1-3H3,(H,18,21). The van der Waals surface area contributed by atoms with E-state index in [4.69, 9.17) is 4.74 Å². The molecule has 2 aromatic carbocycles. The topological polar surface area (TPSA) is 58.6 Å². The average molecular weight is 298 g/mol. The van der Waals surface area contributed by atoms with Gasteiger partial charge in [0, 0.05) is 38.0 Å². The lowest BCUT2D eigenvalue weighted by molar-refractivity contribution is -0.131. The van der Waals surface area contributed by atoms with E-state index in [-0.39, 0.29) is 5.91 Å². The van der Waals surface area contributed by atoms with Gasteiger partial charge >= 0.3 is 5.97 Å². The highest BCUT2D eigenvalue weighted by Crippen LogP contribution is 2.18. The molecule has 0 aliphatic rings. The van der Waals surface area contributed by atoms with Gasteiger partial charge in [0.15, 0.2) is 0 Å². The molecule has 0 spiro atoms. The fourth-order valence-corrected chi connectivity index (χ4v) is 1.91. The van der Waals surface area contributed by atoms with Gasteiger partial charge in [-0.15, -0.1) is 0 Å². The van der Waals surface area contributed by atoms with Gasteiger partial charge in [0.05, 0.1) is 0 Å². The summed E-state index contributed by atoms with van der Waals surface area (Å²) in [7, 11) is 3.90. The second-order valence-electron chi connectivity index (χ2n) is 5.02. The van der Waals surface area contributed by atoms with E-state index in [1.165, 1.54) is 13.0 Å². The molecule has 1 N–H and O–H groups in total. The molecule has 0 saturated heterocycles. The Kier molecular flexibility index (Phi) is 4.78. The maximum absolute atomic E-state index is 12.2. The number of hydrogen-bond acceptors (Lipinski definition) is 4. The van der Waals surface area contributed by atoms with Gasteiger partial charge in [-0.1, -0.05) is 6.07 Å². The second-order valence-corrected chi connectivity index (χ2v) is 5.02. The summed E-state index contributed by atoms with van der Waals surface area (Å²) in [6.07, 6.45) is 0. The Morgan fingerprint density at radius 3 is 2.32 bits per heavy atom. The first-order valence-corrected chi connectivity index (χ1v) is 6.83. The zero-order valence-electron chi connectivity index (χ0n) is 12.8. The Bertz CT molecular complexity index is 679. The highest BCUT2D eigenvalue weighted by atomic mass is 16.5. The normalized spacial score (nSPS) is 9.95. The lowest BCUT2D eigenvalue weighted by Gasteiger charge is -2.13. The first-order chi connectivity index (χ1) is 10.5. The Hall–Kier alpha value is -2.82. The maximum atomic E-state index is 12.2. The van der Waals surface area contributed by atoms with E-state index in [0.29, 0.717) is 17.0 Å². The van der Waals surface area contributed by atoms with Crippen molar-refractivity contribution in [1.29, 1.82) is 0 Å². The third kappa shape index (κ3) is 4.09. The van der Waals surface area contributed by atoms with Crippen LogP contribution in [0.4, 0.5) is 11.4 Å². The van der Waals surface area contributed by atoms with Crippen LogP contribution in [0.2, 0.25) is 0 Å². The summed E-state index contributed by atoms with van der Waals surface area (Å²) in [5.41, 5.74) is 2.18. The monoisotopic (exact) mass is 298 g/mol. The molecule has 0 aromatic heterocycles. The minimum Gasteiger partial charge on any atom is -0.427 e. The van der Waals surface area contributed by atoms with Crippen molar-refractivity contribution in [2.45, 2.75) is 6.92 Å². The van der Waals surface area contributed by atoms with Crippen molar-refractivity contribution in [2.24, 2.45) is 0 Å². The minimum absolute atomic E-state index is 0.258. The number of benzene rings is 2. The third-order valence-corrected chi connectivity index (χ3v) is 3.00. The van der Waals surface area contributed by atoms with Crippen LogP contribution in [0.5, 0.6) is 5.75 Å². The van der Waals surface area contributed by atoms with Gasteiger partial charge in [0.2, 0.25) is 0 Å². The fourth-order valence-electron chi connectivity index (χ4n) is 1.91. The van der Waals surface area contributed by atoms with Crippen molar-refractivity contribution in [2.75, 3.05) is 24.3 Å². The van der Waals surface area contributed by atoms with Crippen LogP contribution >= 0.6 is 0 Å². The Morgan fingerprint density at radius 1 is 1.05 bits per heavy atom. The van der Waals surface area contributed by atoms with Crippen LogP contribution in [0, 0.1) is 0 Å². The molecule has 5 heteroatoms. The number of nitrogens with one attached hydrogen (secondary N) is 1. The van der Waals surface area contributed by atoms with Crippen molar-refractivity contribution in [3.05, 3.63) is 54.1 Å². The molecule has 0 heterocycles. The zero-order chi connectivity index (χ0) is 16.1. The number of ether oxygens (including phenoxy) is 1. The molecule has 0 radical (unpaired) electrons. The summed E-state index contributed by atoms with van der Waals surface area (Å²) in [5.74, 6) is -0.327. The molecule has 1 amide bonds. The predicted octanol–water partition coefficient (Wildman–Crippen LogP) is 2.93. The van der Waals surface area contributed by atoms with Gasteiger partial charge in [-0.05, 0) is 42.5 Å². The Labute approximate surface area is 129 Å². The summed E-state index contributed by atoms with van der Waals surface area (Å²) in [4.78, 5) is 25.1. The Morgan fingerprint density at radius 2 is 1.73 bits per heavy atom. The number of carbonyl (C=O) groups excluding carboxylic acids is 2. The molecule has 2 aromatic rings. The molecule has 0 aliphatic carbocycles. The third-order valence-electron chi connectivity index (χ3n) is 3.00. The van der Waals surface area contributed by atoms with Gasteiger partial charge < -0.3 is 15.0 Å². The number of rotatable bonds is 4. The SMILES string of the molecule is CC(=O)Oc1cccc(C(=O)Nc2ccc(N(C)C)cc2)c1. The molecule has 0 atom stereocenters. The molecular formula is C17H18N2O3. The molecule has 0 unspecified atom stereocenters. The maximum Gasteiger partial charge on any atom is 0.308 e. The number of carbonyl (C=O) groups is 2. The molecule has 5 nitrogen and oxygen atoms in total. The number of anilines is 2. The van der Waals surface area contributed by atoms with Crippen molar-refractivity contribution >= 4 is 23.3 Å². The summed E-state index contributed by atoms with van der Waals surface area (Å²) in [6.45, 7) is 1.32. The smallest absolute Gasteiger partial charge is 0.308 e. The molecule has 0 aliphatic heterocycles. The molecule has 0 bridgehead atoms. The van der Waals surface area contributed by atoms with E-state index >= 15 is 0 Å². The van der Waals surface area contributed by atoms with Crippen LogP contribution in [0.15, 0.2) is 48.5 Å². The fraction of sp³-hybridized carbons (Fsp3) is 0.176.